The molecule has 0 aliphatic heterocycles. The van der Waals surface area contributed by atoms with E-state index < -0.39 is 0 Å². The molecule has 0 saturated carbocycles. The summed E-state index contributed by atoms with van der Waals surface area (Å²) in [5, 5.41) is 5.47. The molecule has 0 aliphatic rings. The Morgan fingerprint density at radius 1 is 0.857 bits per heavy atom. The molecule has 176 valence electrons. The van der Waals surface area contributed by atoms with Crippen LogP contribution in [0, 0.1) is 0 Å². The Hall–Kier alpha value is -3.25. The van der Waals surface area contributed by atoms with Crippen LogP contribution in [0.25, 0.3) is 0 Å². The molecule has 0 heterocycles. The molecule has 0 atom stereocenters. The second-order valence-corrected chi connectivity index (χ2v) is 9.55. The van der Waals surface area contributed by atoms with Gasteiger partial charge in [-0.1, -0.05) is 47.5 Å². The van der Waals surface area contributed by atoms with E-state index in [0.29, 0.717) is 17.2 Å². The summed E-state index contributed by atoms with van der Waals surface area (Å²) in [6.45, 7) is 0.433. The van der Waals surface area contributed by atoms with E-state index in [9.17, 15) is 4.79 Å². The third-order valence-corrected chi connectivity index (χ3v) is 6.56. The molecule has 0 spiro atoms. The predicted octanol–water partition coefficient (Wildman–Crippen LogP) is 7.63. The Kier molecular flexibility index (Phi) is 8.85. The summed E-state index contributed by atoms with van der Waals surface area (Å²) < 4.78 is 5.78. The van der Waals surface area contributed by atoms with Gasteiger partial charge in [0.15, 0.2) is 0 Å². The van der Waals surface area contributed by atoms with Gasteiger partial charge in [0, 0.05) is 26.3 Å². The highest BCUT2D eigenvalue weighted by Gasteiger charge is 2.05. The van der Waals surface area contributed by atoms with Gasteiger partial charge < -0.3 is 4.74 Å². The van der Waals surface area contributed by atoms with Gasteiger partial charge in [-0.05, 0) is 89.5 Å². The number of nitrogens with zero attached hydrogens (tertiary/aromatic N) is 1. The van der Waals surface area contributed by atoms with Crippen molar-refractivity contribution in [1.29, 1.82) is 0 Å². The SMILES string of the molecule is O=C(N/N=C\c1ccc(OCc2cccc(Cl)c2)cc1)c1ccc(CSc2ccc(Cl)cc2)cc1. The third kappa shape index (κ3) is 7.89. The van der Waals surface area contributed by atoms with E-state index in [2.05, 4.69) is 10.5 Å². The smallest absolute Gasteiger partial charge is 0.271 e. The van der Waals surface area contributed by atoms with Crippen LogP contribution < -0.4 is 10.2 Å². The molecule has 7 heteroatoms. The van der Waals surface area contributed by atoms with Crippen LogP contribution in [0.2, 0.25) is 10.0 Å². The molecule has 0 aromatic heterocycles. The van der Waals surface area contributed by atoms with E-state index >= 15 is 0 Å². The van der Waals surface area contributed by atoms with Crippen molar-refractivity contribution in [3.8, 4) is 5.75 Å². The number of nitrogens with one attached hydrogen (secondary N) is 1. The van der Waals surface area contributed by atoms with Crippen LogP contribution in [0.1, 0.15) is 27.0 Å². The average molecular weight is 521 g/mol. The highest BCUT2D eigenvalue weighted by atomic mass is 35.5. The first kappa shape index (κ1) is 24.9. The molecule has 4 rings (SSSR count). The Morgan fingerprint density at radius 2 is 1.60 bits per heavy atom. The van der Waals surface area contributed by atoms with Crippen molar-refractivity contribution in [3.05, 3.63) is 129 Å². The van der Waals surface area contributed by atoms with Crippen LogP contribution >= 0.6 is 35.0 Å². The average Bonchev–Trinajstić information content (AvgIpc) is 2.88. The Labute approximate surface area is 218 Å². The van der Waals surface area contributed by atoms with Crippen LogP contribution in [0.5, 0.6) is 5.75 Å². The lowest BCUT2D eigenvalue weighted by atomic mass is 10.1. The number of ether oxygens (including phenoxy) is 1. The molecule has 0 saturated heterocycles. The molecule has 4 aromatic carbocycles. The molecule has 1 N–H and O–H groups in total. The zero-order valence-electron chi connectivity index (χ0n) is 18.7. The fraction of sp³-hybridized carbons (Fsp3) is 0.0714. The van der Waals surface area contributed by atoms with Gasteiger partial charge in [0.25, 0.3) is 5.91 Å². The number of halogens is 2. The van der Waals surface area contributed by atoms with Crippen LogP contribution in [0.15, 0.2) is 107 Å². The molecule has 0 aliphatic carbocycles. The van der Waals surface area contributed by atoms with E-state index in [0.717, 1.165) is 38.1 Å². The largest absolute Gasteiger partial charge is 0.489 e. The number of benzene rings is 4. The van der Waals surface area contributed by atoms with E-state index in [1.807, 2.05) is 84.9 Å². The first-order valence-corrected chi connectivity index (χ1v) is 12.6. The fourth-order valence-electron chi connectivity index (χ4n) is 3.12. The molecular weight excluding hydrogens is 499 g/mol. The van der Waals surface area contributed by atoms with Crippen molar-refractivity contribution in [1.82, 2.24) is 5.43 Å². The Morgan fingerprint density at radius 3 is 2.31 bits per heavy atom. The number of hydrogen-bond donors (Lipinski definition) is 1. The quantitative estimate of drug-likeness (QED) is 0.140. The van der Waals surface area contributed by atoms with Crippen molar-refractivity contribution < 1.29 is 9.53 Å². The van der Waals surface area contributed by atoms with Crippen LogP contribution in [-0.4, -0.2) is 12.1 Å². The highest BCUT2D eigenvalue weighted by molar-refractivity contribution is 7.98. The van der Waals surface area contributed by atoms with Gasteiger partial charge in [0.1, 0.15) is 12.4 Å². The summed E-state index contributed by atoms with van der Waals surface area (Å²) in [4.78, 5) is 13.5. The summed E-state index contributed by atoms with van der Waals surface area (Å²) in [6, 6.07) is 30.3. The molecule has 0 fully saturated rings. The molecule has 35 heavy (non-hydrogen) atoms. The number of hydrazone groups is 1. The summed E-state index contributed by atoms with van der Waals surface area (Å²) in [6.07, 6.45) is 1.59. The van der Waals surface area contributed by atoms with Crippen molar-refractivity contribution in [2.24, 2.45) is 5.10 Å². The summed E-state index contributed by atoms with van der Waals surface area (Å²) in [7, 11) is 0. The standard InChI is InChI=1S/C28H22Cl2N2O2S/c29-24-10-14-27(15-11-24)35-19-21-4-8-23(9-5-21)28(33)32-31-17-20-6-12-26(13-7-20)34-18-22-2-1-3-25(30)16-22/h1-17H,18-19H2,(H,32,33)/b31-17-. The van der Waals surface area contributed by atoms with Gasteiger partial charge in [0.05, 0.1) is 6.21 Å². The lowest BCUT2D eigenvalue weighted by Crippen LogP contribution is -2.17. The van der Waals surface area contributed by atoms with Crippen molar-refractivity contribution in [2.45, 2.75) is 17.3 Å². The number of carbonyl (C=O) groups excluding carboxylic acids is 1. The lowest BCUT2D eigenvalue weighted by molar-refractivity contribution is 0.0955. The maximum atomic E-state index is 12.4. The fourth-order valence-corrected chi connectivity index (χ4v) is 4.32. The van der Waals surface area contributed by atoms with Crippen LogP contribution in [-0.2, 0) is 12.4 Å². The Balaban J connectivity index is 1.23. The maximum absolute atomic E-state index is 12.4. The molecule has 4 aromatic rings. The van der Waals surface area contributed by atoms with Crippen LogP contribution in [0.3, 0.4) is 0 Å². The number of hydrogen-bond acceptors (Lipinski definition) is 4. The number of carbonyl (C=O) groups is 1. The zero-order chi connectivity index (χ0) is 24.5. The molecule has 0 unspecified atom stereocenters. The Bertz CT molecular complexity index is 1290. The topological polar surface area (TPSA) is 50.7 Å². The van der Waals surface area contributed by atoms with Crippen molar-refractivity contribution in [3.63, 3.8) is 0 Å². The normalized spacial score (nSPS) is 10.9. The van der Waals surface area contributed by atoms with Crippen molar-refractivity contribution in [2.75, 3.05) is 0 Å². The minimum absolute atomic E-state index is 0.264. The van der Waals surface area contributed by atoms with Crippen LogP contribution in [0.4, 0.5) is 0 Å². The van der Waals surface area contributed by atoms with Gasteiger partial charge in [0.2, 0.25) is 0 Å². The number of thioether (sulfide) groups is 1. The predicted molar refractivity (Wildman–Crippen MR) is 145 cm³/mol. The summed E-state index contributed by atoms with van der Waals surface area (Å²) in [5.74, 6) is 1.28. The van der Waals surface area contributed by atoms with E-state index in [1.54, 1.807) is 30.1 Å². The van der Waals surface area contributed by atoms with E-state index in [1.165, 1.54) is 0 Å². The lowest BCUT2D eigenvalue weighted by Gasteiger charge is -2.07. The van der Waals surface area contributed by atoms with E-state index in [4.69, 9.17) is 27.9 Å². The summed E-state index contributed by atoms with van der Waals surface area (Å²) in [5.41, 5.74) is 6.08. The summed E-state index contributed by atoms with van der Waals surface area (Å²) >= 11 is 13.6. The second kappa shape index (κ2) is 12.5. The number of rotatable bonds is 9. The third-order valence-electron chi connectivity index (χ3n) is 4.99. The van der Waals surface area contributed by atoms with Gasteiger partial charge in [-0.25, -0.2) is 5.43 Å². The van der Waals surface area contributed by atoms with Gasteiger partial charge in [-0.2, -0.15) is 5.10 Å². The molecular formula is C28H22Cl2N2O2S. The highest BCUT2D eigenvalue weighted by Crippen LogP contribution is 2.24. The minimum atomic E-state index is -0.264. The second-order valence-electron chi connectivity index (χ2n) is 7.63. The maximum Gasteiger partial charge on any atom is 0.271 e. The first-order chi connectivity index (χ1) is 17.0. The monoisotopic (exact) mass is 520 g/mol. The van der Waals surface area contributed by atoms with E-state index in [-0.39, 0.29) is 5.91 Å². The van der Waals surface area contributed by atoms with Gasteiger partial charge in [-0.3, -0.25) is 4.79 Å². The van der Waals surface area contributed by atoms with Gasteiger partial charge in [-0.15, -0.1) is 11.8 Å². The molecule has 0 bridgehead atoms. The zero-order valence-corrected chi connectivity index (χ0v) is 21.0. The minimum Gasteiger partial charge on any atom is -0.489 e. The first-order valence-electron chi connectivity index (χ1n) is 10.8. The van der Waals surface area contributed by atoms with Gasteiger partial charge >= 0.3 is 0 Å². The number of amides is 1. The molecule has 4 nitrogen and oxygen atoms in total. The molecule has 0 radical (unpaired) electrons. The molecule has 1 amide bonds. The van der Waals surface area contributed by atoms with Crippen molar-refractivity contribution >= 4 is 47.1 Å².